The molecule has 3 N–H and O–H groups in total. The van der Waals surface area contributed by atoms with Gasteiger partial charge in [0.1, 0.15) is 44.5 Å². The summed E-state index contributed by atoms with van der Waals surface area (Å²) in [5.74, 6) is 0. The van der Waals surface area contributed by atoms with Gasteiger partial charge in [-0.1, -0.05) is 22.6 Å². The van der Waals surface area contributed by atoms with Gasteiger partial charge in [-0.15, -0.1) is 0 Å². The van der Waals surface area contributed by atoms with Gasteiger partial charge in [0.05, 0.1) is 32.5 Å². The highest BCUT2D eigenvalue weighted by Crippen LogP contribution is 1.90. The minimum atomic E-state index is 0.148. The SMILES string of the molecule is OCCI.OCCn1cc[n+](C[n+]2ccn(CCO)c2)c1.c1cn(Cn2ccnc2)cn1. The van der Waals surface area contributed by atoms with E-state index >= 15 is 0 Å². The van der Waals surface area contributed by atoms with Gasteiger partial charge < -0.3 is 24.5 Å². The Balaban J connectivity index is 0.000000207. The van der Waals surface area contributed by atoms with E-state index in [1.807, 2.05) is 77.2 Å². The molecule has 32 heavy (non-hydrogen) atoms. The van der Waals surface area contributed by atoms with Crippen molar-refractivity contribution >= 4 is 22.6 Å². The van der Waals surface area contributed by atoms with Crippen LogP contribution >= 0.6 is 22.6 Å². The van der Waals surface area contributed by atoms with Crippen molar-refractivity contribution in [1.29, 1.82) is 0 Å². The van der Waals surface area contributed by atoms with E-state index in [9.17, 15) is 0 Å². The Labute approximate surface area is 200 Å². The third kappa shape index (κ3) is 9.72. The van der Waals surface area contributed by atoms with Crippen LogP contribution in [0.2, 0.25) is 0 Å². The summed E-state index contributed by atoms with van der Waals surface area (Å²) in [4.78, 5) is 7.86. The molecule has 0 atom stereocenters. The van der Waals surface area contributed by atoms with Crippen LogP contribution in [0.3, 0.4) is 0 Å². The van der Waals surface area contributed by atoms with E-state index in [-0.39, 0.29) is 13.2 Å². The first-order valence-corrected chi connectivity index (χ1v) is 11.6. The van der Waals surface area contributed by atoms with E-state index in [1.165, 1.54) is 0 Å². The van der Waals surface area contributed by atoms with E-state index < -0.39 is 0 Å². The van der Waals surface area contributed by atoms with Crippen molar-refractivity contribution < 1.29 is 24.5 Å². The summed E-state index contributed by atoms with van der Waals surface area (Å²) in [5.41, 5.74) is 0. The molecule has 0 unspecified atom stereocenters. The second kappa shape index (κ2) is 15.3. The highest BCUT2D eigenvalue weighted by Gasteiger charge is 2.08. The summed E-state index contributed by atoms with van der Waals surface area (Å²) in [7, 11) is 0. The summed E-state index contributed by atoms with van der Waals surface area (Å²) in [6, 6.07) is 0. The number of hydrogen-bond acceptors (Lipinski definition) is 5. The fraction of sp³-hybridized carbons (Fsp3) is 0.400. The molecule has 0 aromatic carbocycles. The highest BCUT2D eigenvalue weighted by molar-refractivity contribution is 14.1. The fourth-order valence-corrected chi connectivity index (χ4v) is 2.66. The van der Waals surface area contributed by atoms with Crippen molar-refractivity contribution in [2.45, 2.75) is 26.4 Å². The van der Waals surface area contributed by atoms with E-state index in [0.29, 0.717) is 19.7 Å². The van der Waals surface area contributed by atoms with Gasteiger partial charge in [0.15, 0.2) is 0 Å². The number of aromatic nitrogens is 8. The summed E-state index contributed by atoms with van der Waals surface area (Å²) in [6.45, 7) is 3.33. The Morgan fingerprint density at radius 2 is 1.16 bits per heavy atom. The monoisotopic (exact) mass is 558 g/mol. The van der Waals surface area contributed by atoms with Crippen LogP contribution in [0, 0.1) is 0 Å². The van der Waals surface area contributed by atoms with Gasteiger partial charge in [-0.25, -0.2) is 19.1 Å². The molecule has 4 heterocycles. The van der Waals surface area contributed by atoms with Crippen molar-refractivity contribution in [3.63, 3.8) is 0 Å². The van der Waals surface area contributed by atoms with Crippen molar-refractivity contribution in [3.8, 4) is 0 Å². The average Bonchev–Trinajstić information content (AvgIpc) is 3.60. The molecule has 174 valence electrons. The van der Waals surface area contributed by atoms with Crippen LogP contribution in [-0.2, 0) is 26.4 Å². The van der Waals surface area contributed by atoms with Crippen molar-refractivity contribution in [2.75, 3.05) is 24.2 Å². The minimum absolute atomic E-state index is 0.148. The molecule has 11 nitrogen and oxygen atoms in total. The van der Waals surface area contributed by atoms with Gasteiger partial charge in [0.25, 0.3) is 0 Å². The van der Waals surface area contributed by atoms with E-state index in [1.54, 1.807) is 25.0 Å². The molecule has 0 saturated carbocycles. The molecule has 0 amide bonds. The number of aliphatic hydroxyl groups excluding tert-OH is 3. The molecule has 12 heteroatoms. The maximum atomic E-state index is 8.82. The summed E-state index contributed by atoms with van der Waals surface area (Å²) < 4.78 is 12.7. The molecular formula is C20H31IN8O3+2. The number of nitrogens with zero attached hydrogens (tertiary/aromatic N) is 8. The average molecular weight is 558 g/mol. The normalized spacial score (nSPS) is 10.2. The zero-order valence-corrected chi connectivity index (χ0v) is 20.0. The van der Waals surface area contributed by atoms with Crippen LogP contribution in [0.25, 0.3) is 0 Å². The molecule has 4 rings (SSSR count). The number of halogens is 1. The fourth-order valence-electron chi connectivity index (χ4n) is 2.66. The predicted molar refractivity (Wildman–Crippen MR) is 125 cm³/mol. The Hall–Kier alpha value is -2.55. The van der Waals surface area contributed by atoms with E-state index in [2.05, 4.69) is 32.6 Å². The Kier molecular flexibility index (Phi) is 12.3. The van der Waals surface area contributed by atoms with Gasteiger partial charge in [-0.3, -0.25) is 0 Å². The number of hydrogen-bond donors (Lipinski definition) is 3. The quantitative estimate of drug-likeness (QED) is 0.144. The standard InChI is InChI=1S/C11H18N4O2.C7H8N4.C2H5IO/c16-7-5-12-1-3-14(9-12)11-15-4-2-13(10-15)6-8-17;1-3-10(5-8-1)7-11-4-2-9-6-11;3-1-2-4/h1-4,9-10,16-17H,5-8,11H2;1-6H,7H2;4H,1-2H2/q+2;;. The first-order valence-electron chi connectivity index (χ1n) is 10.1. The molecule has 0 fully saturated rings. The zero-order valence-electron chi connectivity index (χ0n) is 17.9. The number of aliphatic hydroxyl groups is 3. The van der Waals surface area contributed by atoms with Crippen LogP contribution in [-0.4, -0.2) is 67.8 Å². The van der Waals surface area contributed by atoms with Gasteiger partial charge in [-0.2, -0.15) is 9.13 Å². The van der Waals surface area contributed by atoms with Crippen molar-refractivity contribution in [2.24, 2.45) is 0 Å². The summed E-state index contributed by atoms with van der Waals surface area (Å²) >= 11 is 2.10. The largest absolute Gasteiger partial charge is 0.396 e. The Morgan fingerprint density at radius 3 is 1.50 bits per heavy atom. The van der Waals surface area contributed by atoms with Crippen LogP contribution in [0.15, 0.2) is 74.9 Å². The molecule has 0 bridgehead atoms. The third-order valence-corrected chi connectivity index (χ3v) is 4.55. The first kappa shape index (κ1) is 25.7. The minimum Gasteiger partial charge on any atom is -0.396 e. The predicted octanol–water partition coefficient (Wildman–Crippen LogP) is -0.646. The lowest BCUT2D eigenvalue weighted by atomic mass is 10.7. The zero-order chi connectivity index (χ0) is 23.0. The van der Waals surface area contributed by atoms with E-state index in [4.69, 9.17) is 15.3 Å². The molecule has 0 aliphatic rings. The van der Waals surface area contributed by atoms with Gasteiger partial charge in [0.2, 0.25) is 19.3 Å². The topological polar surface area (TPSA) is 114 Å². The maximum Gasteiger partial charge on any atom is 0.247 e. The molecule has 0 saturated heterocycles. The summed E-state index contributed by atoms with van der Waals surface area (Å²) in [5, 5.41) is 25.5. The Morgan fingerprint density at radius 1 is 0.688 bits per heavy atom. The van der Waals surface area contributed by atoms with Crippen molar-refractivity contribution in [3.05, 3.63) is 74.9 Å². The molecular weight excluding hydrogens is 527 g/mol. The van der Waals surface area contributed by atoms with E-state index in [0.717, 1.165) is 17.8 Å². The lowest BCUT2D eigenvalue weighted by Crippen LogP contribution is -2.49. The second-order valence-electron chi connectivity index (χ2n) is 6.63. The van der Waals surface area contributed by atoms with Crippen LogP contribution in [0.4, 0.5) is 0 Å². The van der Waals surface area contributed by atoms with Gasteiger partial charge in [0, 0.05) is 29.2 Å². The summed E-state index contributed by atoms with van der Waals surface area (Å²) in [6.07, 6.45) is 22.6. The van der Waals surface area contributed by atoms with Gasteiger partial charge in [-0.05, 0) is 0 Å². The maximum absolute atomic E-state index is 8.82. The number of imidazole rings is 4. The van der Waals surface area contributed by atoms with Crippen LogP contribution in [0.1, 0.15) is 0 Å². The molecule has 4 aromatic heterocycles. The second-order valence-corrected chi connectivity index (χ2v) is 7.71. The number of rotatable bonds is 9. The molecule has 4 aromatic rings. The molecule has 0 radical (unpaired) electrons. The third-order valence-electron chi connectivity index (χ3n) is 4.06. The molecule has 0 spiro atoms. The van der Waals surface area contributed by atoms with Crippen LogP contribution in [0.5, 0.6) is 0 Å². The van der Waals surface area contributed by atoms with Crippen molar-refractivity contribution in [1.82, 2.24) is 28.2 Å². The highest BCUT2D eigenvalue weighted by atomic mass is 127. The Bertz CT molecular complexity index is 877. The molecule has 0 aliphatic carbocycles. The first-order chi connectivity index (χ1) is 15.7. The number of alkyl halides is 1. The smallest absolute Gasteiger partial charge is 0.247 e. The lowest BCUT2D eigenvalue weighted by molar-refractivity contribution is -0.912. The lowest BCUT2D eigenvalue weighted by Gasteiger charge is -2.00. The van der Waals surface area contributed by atoms with Crippen LogP contribution < -0.4 is 9.13 Å². The molecule has 0 aliphatic heterocycles. The van der Waals surface area contributed by atoms with Gasteiger partial charge >= 0.3 is 0 Å².